The van der Waals surface area contributed by atoms with E-state index in [1.165, 1.54) is 0 Å². The highest BCUT2D eigenvalue weighted by atomic mass is 32.2. The van der Waals surface area contributed by atoms with E-state index in [-0.39, 0.29) is 5.75 Å². The predicted molar refractivity (Wildman–Crippen MR) is 93.7 cm³/mol. The first kappa shape index (κ1) is 17.0. The number of aromatic nitrogens is 2. The van der Waals surface area contributed by atoms with Crippen LogP contribution in [0.1, 0.15) is 6.92 Å². The van der Waals surface area contributed by atoms with E-state index >= 15 is 0 Å². The third-order valence-corrected chi connectivity index (χ3v) is 3.90. The molecule has 1 aromatic heterocycles. The Morgan fingerprint density at radius 3 is 2.48 bits per heavy atom. The molecule has 0 fully saturated rings. The summed E-state index contributed by atoms with van der Waals surface area (Å²) in [6.07, 6.45) is 0. The van der Waals surface area contributed by atoms with E-state index in [9.17, 15) is 4.79 Å². The zero-order chi connectivity index (χ0) is 17.5. The Labute approximate surface area is 149 Å². The maximum Gasteiger partial charge on any atom is 0.321 e. The molecule has 0 saturated heterocycles. The second kappa shape index (κ2) is 8.34. The summed E-state index contributed by atoms with van der Waals surface area (Å²) in [5.74, 6) is 1.29. The van der Waals surface area contributed by atoms with Gasteiger partial charge in [0.15, 0.2) is 0 Å². The highest BCUT2D eigenvalue weighted by Gasteiger charge is 2.12. The molecule has 0 aliphatic rings. The molecular formula is C18H16N2O4S. The number of benzene rings is 2. The van der Waals surface area contributed by atoms with Crippen LogP contribution in [-0.2, 0) is 4.79 Å². The van der Waals surface area contributed by atoms with Crippen molar-refractivity contribution in [1.82, 2.24) is 10.2 Å². The summed E-state index contributed by atoms with van der Waals surface area (Å²) in [5.41, 5.74) is 0.832. The standard InChI is InChI=1S/C18H16N2O4S/c1-2-22-14-8-10-15(11-9-14)23-16(21)12-25-18-20-19-17(24-18)13-6-4-3-5-7-13/h3-11H,2,12H2,1H3. The number of hydrogen-bond acceptors (Lipinski definition) is 7. The van der Waals surface area contributed by atoms with Crippen molar-refractivity contribution in [3.63, 3.8) is 0 Å². The van der Waals surface area contributed by atoms with E-state index in [1.54, 1.807) is 24.3 Å². The molecule has 0 N–H and O–H groups in total. The maximum absolute atomic E-state index is 11.9. The number of rotatable bonds is 7. The van der Waals surface area contributed by atoms with Gasteiger partial charge in [0.2, 0.25) is 5.89 Å². The van der Waals surface area contributed by atoms with Gasteiger partial charge in [-0.2, -0.15) is 0 Å². The molecule has 25 heavy (non-hydrogen) atoms. The van der Waals surface area contributed by atoms with Gasteiger partial charge in [0.1, 0.15) is 17.3 Å². The van der Waals surface area contributed by atoms with Crippen molar-refractivity contribution in [2.24, 2.45) is 0 Å². The summed E-state index contributed by atoms with van der Waals surface area (Å²) in [7, 11) is 0. The zero-order valence-electron chi connectivity index (χ0n) is 13.5. The number of ether oxygens (including phenoxy) is 2. The largest absolute Gasteiger partial charge is 0.494 e. The first-order chi connectivity index (χ1) is 12.2. The molecular weight excluding hydrogens is 340 g/mol. The minimum Gasteiger partial charge on any atom is -0.494 e. The van der Waals surface area contributed by atoms with E-state index in [0.29, 0.717) is 23.5 Å². The Morgan fingerprint density at radius 1 is 1.04 bits per heavy atom. The summed E-state index contributed by atoms with van der Waals surface area (Å²) in [6, 6.07) is 16.3. The quantitative estimate of drug-likeness (QED) is 0.362. The molecule has 0 unspecified atom stereocenters. The number of esters is 1. The van der Waals surface area contributed by atoms with Crippen molar-refractivity contribution in [3.05, 3.63) is 54.6 Å². The summed E-state index contributed by atoms with van der Waals surface area (Å²) in [6.45, 7) is 2.50. The molecule has 1 heterocycles. The lowest BCUT2D eigenvalue weighted by molar-refractivity contribution is -0.131. The van der Waals surface area contributed by atoms with E-state index in [4.69, 9.17) is 13.9 Å². The normalized spacial score (nSPS) is 10.4. The third kappa shape index (κ3) is 4.84. The van der Waals surface area contributed by atoms with Crippen molar-refractivity contribution in [3.8, 4) is 23.0 Å². The van der Waals surface area contributed by atoms with Gasteiger partial charge in [-0.3, -0.25) is 4.79 Å². The molecule has 0 radical (unpaired) electrons. The topological polar surface area (TPSA) is 74.5 Å². The third-order valence-electron chi connectivity index (χ3n) is 3.11. The van der Waals surface area contributed by atoms with Gasteiger partial charge in [0.25, 0.3) is 5.22 Å². The van der Waals surface area contributed by atoms with Crippen molar-refractivity contribution in [1.29, 1.82) is 0 Å². The lowest BCUT2D eigenvalue weighted by Crippen LogP contribution is -2.10. The first-order valence-electron chi connectivity index (χ1n) is 7.70. The van der Waals surface area contributed by atoms with Crippen LogP contribution in [-0.4, -0.2) is 28.5 Å². The Balaban J connectivity index is 1.51. The van der Waals surface area contributed by atoms with Crippen LogP contribution in [0.4, 0.5) is 0 Å². The fraction of sp³-hybridized carbons (Fsp3) is 0.167. The molecule has 0 atom stereocenters. The molecule has 128 valence electrons. The van der Waals surface area contributed by atoms with Gasteiger partial charge in [-0.1, -0.05) is 30.0 Å². The highest BCUT2D eigenvalue weighted by molar-refractivity contribution is 7.99. The highest BCUT2D eigenvalue weighted by Crippen LogP contribution is 2.23. The summed E-state index contributed by atoms with van der Waals surface area (Å²) in [5, 5.41) is 8.22. The van der Waals surface area contributed by atoms with E-state index in [0.717, 1.165) is 23.1 Å². The second-order valence-corrected chi connectivity index (χ2v) is 5.83. The zero-order valence-corrected chi connectivity index (χ0v) is 14.4. The number of nitrogens with zero attached hydrogens (tertiary/aromatic N) is 2. The lowest BCUT2D eigenvalue weighted by atomic mass is 10.2. The Kier molecular flexibility index (Phi) is 5.69. The molecule has 6 nitrogen and oxygen atoms in total. The minimum absolute atomic E-state index is 0.0731. The van der Waals surface area contributed by atoms with Gasteiger partial charge in [-0.05, 0) is 43.3 Å². The monoisotopic (exact) mass is 356 g/mol. The SMILES string of the molecule is CCOc1ccc(OC(=O)CSc2nnc(-c3ccccc3)o2)cc1. The molecule has 0 aliphatic carbocycles. The lowest BCUT2D eigenvalue weighted by Gasteiger charge is -2.05. The van der Waals surface area contributed by atoms with Gasteiger partial charge >= 0.3 is 5.97 Å². The van der Waals surface area contributed by atoms with Crippen molar-refractivity contribution >= 4 is 17.7 Å². The summed E-state index contributed by atoms with van der Waals surface area (Å²) < 4.78 is 16.1. The average molecular weight is 356 g/mol. The van der Waals surface area contributed by atoms with Crippen LogP contribution < -0.4 is 9.47 Å². The van der Waals surface area contributed by atoms with Gasteiger partial charge in [0, 0.05) is 5.56 Å². The molecule has 0 spiro atoms. The fourth-order valence-electron chi connectivity index (χ4n) is 2.02. The van der Waals surface area contributed by atoms with E-state index in [1.807, 2.05) is 37.3 Å². The van der Waals surface area contributed by atoms with Gasteiger partial charge in [-0.15, -0.1) is 10.2 Å². The molecule has 7 heteroatoms. The predicted octanol–water partition coefficient (Wildman–Crippen LogP) is 3.83. The van der Waals surface area contributed by atoms with Crippen molar-refractivity contribution < 1.29 is 18.7 Å². The van der Waals surface area contributed by atoms with Gasteiger partial charge in [0.05, 0.1) is 6.61 Å². The molecule has 3 aromatic rings. The molecule has 0 bridgehead atoms. The van der Waals surface area contributed by atoms with Crippen LogP contribution in [0, 0.1) is 0 Å². The van der Waals surface area contributed by atoms with E-state index in [2.05, 4.69) is 10.2 Å². The van der Waals surface area contributed by atoms with Crippen LogP contribution in [0.15, 0.2) is 64.2 Å². The van der Waals surface area contributed by atoms with E-state index < -0.39 is 5.97 Å². The average Bonchev–Trinajstić information content (AvgIpc) is 3.12. The van der Waals surface area contributed by atoms with Crippen LogP contribution in [0.3, 0.4) is 0 Å². The molecule has 0 amide bonds. The Morgan fingerprint density at radius 2 is 1.76 bits per heavy atom. The van der Waals surface area contributed by atoms with Gasteiger partial charge in [-0.25, -0.2) is 0 Å². The number of thioether (sulfide) groups is 1. The minimum atomic E-state index is -0.395. The summed E-state index contributed by atoms with van der Waals surface area (Å²) in [4.78, 5) is 11.9. The summed E-state index contributed by atoms with van der Waals surface area (Å²) >= 11 is 1.14. The van der Waals surface area contributed by atoms with Crippen molar-refractivity contribution in [2.75, 3.05) is 12.4 Å². The van der Waals surface area contributed by atoms with Crippen LogP contribution in [0.2, 0.25) is 0 Å². The van der Waals surface area contributed by atoms with Crippen LogP contribution in [0.5, 0.6) is 11.5 Å². The van der Waals surface area contributed by atoms with Crippen LogP contribution in [0.25, 0.3) is 11.5 Å². The Bertz CT molecular complexity index is 819. The van der Waals surface area contributed by atoms with Crippen molar-refractivity contribution in [2.45, 2.75) is 12.1 Å². The maximum atomic E-state index is 11.9. The molecule has 3 rings (SSSR count). The fourth-order valence-corrected chi connectivity index (χ4v) is 2.55. The second-order valence-electron chi connectivity index (χ2n) is 4.91. The number of carbonyl (C=O) groups excluding carboxylic acids is 1. The Hall–Kier alpha value is -2.80. The molecule has 0 saturated carbocycles. The number of carbonyl (C=O) groups is 1. The smallest absolute Gasteiger partial charge is 0.321 e. The molecule has 2 aromatic carbocycles. The van der Waals surface area contributed by atoms with Gasteiger partial charge < -0.3 is 13.9 Å². The molecule has 0 aliphatic heterocycles. The number of hydrogen-bond donors (Lipinski definition) is 0. The van der Waals surface area contributed by atoms with Crippen LogP contribution >= 0.6 is 11.8 Å². The first-order valence-corrected chi connectivity index (χ1v) is 8.68.